The number of ether oxygens (including phenoxy) is 1. The summed E-state index contributed by atoms with van der Waals surface area (Å²) >= 11 is 0. The molecule has 1 fully saturated rings. The first-order valence-electron chi connectivity index (χ1n) is 4.33. The molecular weight excluding hydrogens is 154 g/mol. The Morgan fingerprint density at radius 2 is 2.08 bits per heavy atom. The summed E-state index contributed by atoms with van der Waals surface area (Å²) in [6, 6.07) is 0.381. The largest absolute Gasteiger partial charge is 0.369 e. The van der Waals surface area contributed by atoms with E-state index in [1.54, 1.807) is 21.0 Å². The molecule has 0 radical (unpaired) electrons. The summed E-state index contributed by atoms with van der Waals surface area (Å²) in [4.78, 5) is 11.5. The van der Waals surface area contributed by atoms with E-state index < -0.39 is 5.60 Å². The number of hydrogen-bond donors (Lipinski definition) is 1. The average molecular weight is 171 g/mol. The first-order chi connectivity index (χ1) is 5.47. The van der Waals surface area contributed by atoms with Crippen molar-refractivity contribution in [1.82, 2.24) is 5.32 Å². The lowest BCUT2D eigenvalue weighted by molar-refractivity contribution is -0.139. The fourth-order valence-corrected chi connectivity index (χ4v) is 0.958. The fraction of sp³-hybridized carbons (Fsp3) is 0.889. The van der Waals surface area contributed by atoms with Crippen LogP contribution < -0.4 is 5.32 Å². The van der Waals surface area contributed by atoms with Gasteiger partial charge in [0.05, 0.1) is 0 Å². The predicted octanol–water partition coefficient (Wildman–Crippen LogP) is 0.936. The van der Waals surface area contributed by atoms with Crippen molar-refractivity contribution in [2.24, 2.45) is 5.92 Å². The van der Waals surface area contributed by atoms with E-state index in [1.165, 1.54) is 0 Å². The summed E-state index contributed by atoms with van der Waals surface area (Å²) in [5.74, 6) is 0.626. The van der Waals surface area contributed by atoms with Crippen molar-refractivity contribution in [2.75, 3.05) is 7.11 Å². The zero-order valence-corrected chi connectivity index (χ0v) is 8.18. The Bertz CT molecular complexity index is 189. The summed E-state index contributed by atoms with van der Waals surface area (Å²) in [6.45, 7) is 5.68. The third-order valence-corrected chi connectivity index (χ3v) is 2.48. The molecule has 1 amide bonds. The number of methoxy groups -OCH3 is 1. The molecule has 0 aromatic carbocycles. The first-order valence-corrected chi connectivity index (χ1v) is 4.33. The van der Waals surface area contributed by atoms with E-state index in [4.69, 9.17) is 4.74 Å². The Morgan fingerprint density at radius 3 is 2.42 bits per heavy atom. The molecule has 2 unspecified atom stereocenters. The van der Waals surface area contributed by atoms with Crippen molar-refractivity contribution in [3.63, 3.8) is 0 Å². The number of hydrogen-bond acceptors (Lipinski definition) is 2. The smallest absolute Gasteiger partial charge is 0.251 e. The summed E-state index contributed by atoms with van der Waals surface area (Å²) < 4.78 is 5.05. The number of rotatable bonds is 3. The van der Waals surface area contributed by atoms with E-state index in [0.29, 0.717) is 12.0 Å². The average Bonchev–Trinajstić information content (AvgIpc) is 2.66. The molecule has 0 aliphatic heterocycles. The Kier molecular flexibility index (Phi) is 2.42. The minimum atomic E-state index is -0.692. The van der Waals surface area contributed by atoms with Crippen LogP contribution in [0.4, 0.5) is 0 Å². The van der Waals surface area contributed by atoms with E-state index in [2.05, 4.69) is 12.2 Å². The van der Waals surface area contributed by atoms with Crippen LogP contribution in [0, 0.1) is 5.92 Å². The number of carbonyl (C=O) groups is 1. The van der Waals surface area contributed by atoms with Gasteiger partial charge in [0.15, 0.2) is 0 Å². The quantitative estimate of drug-likeness (QED) is 0.686. The van der Waals surface area contributed by atoms with E-state index in [-0.39, 0.29) is 5.91 Å². The molecule has 70 valence electrons. The van der Waals surface area contributed by atoms with Gasteiger partial charge in [-0.05, 0) is 26.2 Å². The van der Waals surface area contributed by atoms with Gasteiger partial charge in [0.25, 0.3) is 5.91 Å². The maximum absolute atomic E-state index is 11.5. The molecule has 0 spiro atoms. The van der Waals surface area contributed by atoms with Gasteiger partial charge in [-0.1, -0.05) is 6.92 Å². The minimum absolute atomic E-state index is 0.0145. The fourth-order valence-electron chi connectivity index (χ4n) is 0.958. The van der Waals surface area contributed by atoms with Crippen molar-refractivity contribution in [1.29, 1.82) is 0 Å². The third kappa shape index (κ3) is 1.97. The second-order valence-electron chi connectivity index (χ2n) is 4.01. The number of nitrogens with one attached hydrogen (secondary N) is 1. The molecular formula is C9H17NO2. The number of carbonyl (C=O) groups excluding carboxylic acids is 1. The van der Waals surface area contributed by atoms with Crippen molar-refractivity contribution in [2.45, 2.75) is 38.8 Å². The monoisotopic (exact) mass is 171 g/mol. The first kappa shape index (κ1) is 9.52. The molecule has 1 aliphatic carbocycles. The second kappa shape index (κ2) is 3.05. The van der Waals surface area contributed by atoms with Gasteiger partial charge in [-0.2, -0.15) is 0 Å². The van der Waals surface area contributed by atoms with Gasteiger partial charge in [0.1, 0.15) is 5.60 Å². The van der Waals surface area contributed by atoms with E-state index in [9.17, 15) is 4.79 Å². The van der Waals surface area contributed by atoms with Crippen molar-refractivity contribution >= 4 is 5.91 Å². The summed E-state index contributed by atoms with van der Waals surface area (Å²) in [5.41, 5.74) is -0.692. The van der Waals surface area contributed by atoms with Gasteiger partial charge in [-0.3, -0.25) is 4.79 Å². The van der Waals surface area contributed by atoms with Gasteiger partial charge < -0.3 is 10.1 Å². The SMILES string of the molecule is COC(C)(C)C(=O)NC1CC1C. The van der Waals surface area contributed by atoms with Crippen LogP contribution in [0.5, 0.6) is 0 Å². The Labute approximate surface area is 73.5 Å². The number of amides is 1. The summed E-state index contributed by atoms with van der Waals surface area (Å²) in [5, 5.41) is 2.93. The maximum Gasteiger partial charge on any atom is 0.251 e. The van der Waals surface area contributed by atoms with E-state index in [1.807, 2.05) is 0 Å². The zero-order chi connectivity index (χ0) is 9.35. The highest BCUT2D eigenvalue weighted by molar-refractivity contribution is 5.84. The van der Waals surface area contributed by atoms with Gasteiger partial charge in [-0.25, -0.2) is 0 Å². The summed E-state index contributed by atoms with van der Waals surface area (Å²) in [6.07, 6.45) is 1.10. The maximum atomic E-state index is 11.5. The normalized spacial score (nSPS) is 28.3. The van der Waals surface area contributed by atoms with E-state index >= 15 is 0 Å². The predicted molar refractivity (Wildman–Crippen MR) is 46.8 cm³/mol. The topological polar surface area (TPSA) is 38.3 Å². The highest BCUT2D eigenvalue weighted by Gasteiger charge is 2.37. The molecule has 2 atom stereocenters. The molecule has 12 heavy (non-hydrogen) atoms. The highest BCUT2D eigenvalue weighted by Crippen LogP contribution is 2.29. The van der Waals surface area contributed by atoms with Gasteiger partial charge in [0.2, 0.25) is 0 Å². The molecule has 0 saturated heterocycles. The highest BCUT2D eigenvalue weighted by atomic mass is 16.5. The van der Waals surface area contributed by atoms with Crippen LogP contribution in [0.25, 0.3) is 0 Å². The molecule has 0 heterocycles. The van der Waals surface area contributed by atoms with Crippen LogP contribution >= 0.6 is 0 Å². The molecule has 3 heteroatoms. The second-order valence-corrected chi connectivity index (χ2v) is 4.01. The standard InChI is InChI=1S/C9H17NO2/c1-6-5-7(6)10-8(11)9(2,3)12-4/h6-7H,5H2,1-4H3,(H,10,11). The molecule has 1 saturated carbocycles. The van der Waals surface area contributed by atoms with Gasteiger partial charge in [0, 0.05) is 13.2 Å². The van der Waals surface area contributed by atoms with Crippen LogP contribution in [-0.4, -0.2) is 24.7 Å². The van der Waals surface area contributed by atoms with Crippen LogP contribution in [-0.2, 0) is 9.53 Å². The molecule has 0 aromatic rings. The molecule has 0 bridgehead atoms. The Balaban J connectivity index is 2.37. The van der Waals surface area contributed by atoms with E-state index in [0.717, 1.165) is 6.42 Å². The van der Waals surface area contributed by atoms with Crippen molar-refractivity contribution < 1.29 is 9.53 Å². The summed E-state index contributed by atoms with van der Waals surface area (Å²) in [7, 11) is 1.55. The van der Waals surface area contributed by atoms with Gasteiger partial charge in [-0.15, -0.1) is 0 Å². The van der Waals surface area contributed by atoms with Crippen molar-refractivity contribution in [3.05, 3.63) is 0 Å². The minimum Gasteiger partial charge on any atom is -0.369 e. The molecule has 3 nitrogen and oxygen atoms in total. The Morgan fingerprint density at radius 1 is 1.58 bits per heavy atom. The molecule has 1 N–H and O–H groups in total. The van der Waals surface area contributed by atoms with Crippen molar-refractivity contribution in [3.8, 4) is 0 Å². The zero-order valence-electron chi connectivity index (χ0n) is 8.18. The van der Waals surface area contributed by atoms with Crippen LogP contribution in [0.2, 0.25) is 0 Å². The molecule has 1 rings (SSSR count). The van der Waals surface area contributed by atoms with Crippen LogP contribution in [0.1, 0.15) is 27.2 Å². The van der Waals surface area contributed by atoms with Gasteiger partial charge >= 0.3 is 0 Å². The molecule has 0 aromatic heterocycles. The lowest BCUT2D eigenvalue weighted by Crippen LogP contribution is -2.44. The third-order valence-electron chi connectivity index (χ3n) is 2.48. The lowest BCUT2D eigenvalue weighted by atomic mass is 10.1. The lowest BCUT2D eigenvalue weighted by Gasteiger charge is -2.21. The van der Waals surface area contributed by atoms with Crippen LogP contribution in [0.15, 0.2) is 0 Å². The molecule has 1 aliphatic rings. The Hall–Kier alpha value is -0.570. The van der Waals surface area contributed by atoms with Crippen LogP contribution in [0.3, 0.4) is 0 Å².